The van der Waals surface area contributed by atoms with Crippen molar-refractivity contribution >= 4 is 5.97 Å². The first-order valence-corrected chi connectivity index (χ1v) is 12.8. The highest BCUT2D eigenvalue weighted by Crippen LogP contribution is 2.13. The molecule has 0 bridgehead atoms. The van der Waals surface area contributed by atoms with Crippen molar-refractivity contribution in [3.8, 4) is 0 Å². The molecule has 0 atom stereocenters. The molecular weight excluding hydrogens is 356 g/mol. The summed E-state index contributed by atoms with van der Waals surface area (Å²) in [5, 5.41) is 8.56. The van der Waals surface area contributed by atoms with Crippen molar-refractivity contribution in [1.29, 1.82) is 0 Å². The largest absolute Gasteiger partial charge is 0.481 e. The zero-order valence-corrected chi connectivity index (χ0v) is 19.5. The summed E-state index contributed by atoms with van der Waals surface area (Å²) >= 11 is 0. The third kappa shape index (κ3) is 26.9. The average molecular weight is 407 g/mol. The van der Waals surface area contributed by atoms with Gasteiger partial charge in [0, 0.05) is 6.42 Å². The summed E-state index contributed by atoms with van der Waals surface area (Å²) in [6.45, 7) is 2.29. The number of unbranched alkanes of at least 4 members (excludes halogenated alkanes) is 17. The number of hydrogen-bond donors (Lipinski definition) is 1. The molecule has 0 fully saturated rings. The maximum atomic E-state index is 10.4. The van der Waals surface area contributed by atoms with Gasteiger partial charge in [0.15, 0.2) is 0 Å². The van der Waals surface area contributed by atoms with E-state index in [0.717, 1.165) is 25.7 Å². The highest BCUT2D eigenvalue weighted by Gasteiger charge is 1.94. The molecule has 29 heavy (non-hydrogen) atoms. The summed E-state index contributed by atoms with van der Waals surface area (Å²) in [4.78, 5) is 10.4. The summed E-state index contributed by atoms with van der Waals surface area (Å²) in [6, 6.07) is 0. The molecule has 0 aromatic carbocycles. The smallest absolute Gasteiger partial charge is 0.303 e. The quantitative estimate of drug-likeness (QED) is 0.135. The number of carbonyl (C=O) groups is 1. The van der Waals surface area contributed by atoms with Gasteiger partial charge in [0.05, 0.1) is 0 Å². The van der Waals surface area contributed by atoms with E-state index in [4.69, 9.17) is 5.11 Å². The van der Waals surface area contributed by atoms with Crippen LogP contribution >= 0.6 is 0 Å². The molecule has 0 aromatic heterocycles. The van der Waals surface area contributed by atoms with Crippen molar-refractivity contribution in [2.45, 2.75) is 142 Å². The summed E-state index contributed by atoms with van der Waals surface area (Å²) < 4.78 is 0. The van der Waals surface area contributed by atoms with Crippen molar-refractivity contribution < 1.29 is 9.90 Å². The van der Waals surface area contributed by atoms with Crippen LogP contribution in [0.2, 0.25) is 0 Å². The Morgan fingerprint density at radius 3 is 1.28 bits per heavy atom. The van der Waals surface area contributed by atoms with Gasteiger partial charge in [0.1, 0.15) is 0 Å². The minimum Gasteiger partial charge on any atom is -0.481 e. The lowest BCUT2D eigenvalue weighted by atomic mass is 10.0. The number of allylic oxidation sites excluding steroid dienone is 4. The lowest BCUT2D eigenvalue weighted by Crippen LogP contribution is -1.92. The first-order valence-electron chi connectivity index (χ1n) is 12.8. The molecule has 0 saturated heterocycles. The van der Waals surface area contributed by atoms with E-state index < -0.39 is 5.97 Å². The molecule has 0 heterocycles. The monoisotopic (exact) mass is 406 g/mol. The molecule has 0 aromatic rings. The third-order valence-corrected chi connectivity index (χ3v) is 5.57. The van der Waals surface area contributed by atoms with Crippen LogP contribution in [0.1, 0.15) is 142 Å². The lowest BCUT2D eigenvalue weighted by Gasteiger charge is -2.03. The number of carboxylic acids is 1. The molecule has 0 rings (SSSR count). The zero-order chi connectivity index (χ0) is 21.3. The second-order valence-electron chi connectivity index (χ2n) is 8.54. The van der Waals surface area contributed by atoms with Crippen LogP contribution < -0.4 is 0 Å². The maximum Gasteiger partial charge on any atom is 0.303 e. The zero-order valence-electron chi connectivity index (χ0n) is 19.5. The summed E-state index contributed by atoms with van der Waals surface area (Å²) in [6.07, 6.45) is 35.6. The fourth-order valence-corrected chi connectivity index (χ4v) is 3.67. The minimum atomic E-state index is -0.694. The summed E-state index contributed by atoms with van der Waals surface area (Å²) in [7, 11) is 0. The van der Waals surface area contributed by atoms with Gasteiger partial charge in [-0.2, -0.15) is 0 Å². The van der Waals surface area contributed by atoms with Gasteiger partial charge < -0.3 is 5.11 Å². The van der Waals surface area contributed by atoms with Gasteiger partial charge in [-0.05, 0) is 38.5 Å². The molecule has 0 radical (unpaired) electrons. The average Bonchev–Trinajstić information content (AvgIpc) is 2.71. The number of aliphatic carboxylic acids is 1. The van der Waals surface area contributed by atoms with Crippen molar-refractivity contribution in [3.05, 3.63) is 24.3 Å². The Morgan fingerprint density at radius 2 is 0.862 bits per heavy atom. The fourth-order valence-electron chi connectivity index (χ4n) is 3.67. The molecule has 1 N–H and O–H groups in total. The number of carboxylic acid groups (broad SMARTS) is 1. The summed E-state index contributed by atoms with van der Waals surface area (Å²) in [5.41, 5.74) is 0. The van der Waals surface area contributed by atoms with Gasteiger partial charge >= 0.3 is 5.97 Å². The van der Waals surface area contributed by atoms with Gasteiger partial charge in [0.2, 0.25) is 0 Å². The molecule has 2 nitrogen and oxygen atoms in total. The van der Waals surface area contributed by atoms with Crippen molar-refractivity contribution in [3.63, 3.8) is 0 Å². The predicted octanol–water partition coefficient (Wildman–Crippen LogP) is 9.40. The second kappa shape index (κ2) is 25.0. The van der Waals surface area contributed by atoms with Crippen LogP contribution in [-0.4, -0.2) is 11.1 Å². The Labute approximate surface area is 182 Å². The van der Waals surface area contributed by atoms with E-state index in [2.05, 4.69) is 31.2 Å². The van der Waals surface area contributed by atoms with Crippen LogP contribution in [0.5, 0.6) is 0 Å². The van der Waals surface area contributed by atoms with Gasteiger partial charge in [-0.15, -0.1) is 0 Å². The topological polar surface area (TPSA) is 37.3 Å². The van der Waals surface area contributed by atoms with Gasteiger partial charge in [-0.1, -0.05) is 121 Å². The molecule has 0 unspecified atom stereocenters. The minimum absolute atomic E-state index is 0.281. The van der Waals surface area contributed by atoms with Crippen LogP contribution in [0.25, 0.3) is 0 Å². The van der Waals surface area contributed by atoms with E-state index in [1.807, 2.05) is 0 Å². The molecule has 0 aliphatic heterocycles. The SMILES string of the molecule is CCCCCCCCCCCCCCCCCC=CCCC=CCCCC(=O)O. The number of rotatable bonds is 23. The maximum absolute atomic E-state index is 10.4. The molecule has 0 amide bonds. The van der Waals surface area contributed by atoms with Crippen molar-refractivity contribution in [2.75, 3.05) is 0 Å². The van der Waals surface area contributed by atoms with E-state index in [0.29, 0.717) is 0 Å². The van der Waals surface area contributed by atoms with Gasteiger partial charge in [0.25, 0.3) is 0 Å². The molecule has 0 aliphatic carbocycles. The number of hydrogen-bond acceptors (Lipinski definition) is 1. The predicted molar refractivity (Wildman–Crippen MR) is 129 cm³/mol. The third-order valence-electron chi connectivity index (χ3n) is 5.57. The van der Waals surface area contributed by atoms with Crippen LogP contribution in [0.15, 0.2) is 24.3 Å². The Bertz CT molecular complexity index is 384. The molecule has 0 saturated carbocycles. The van der Waals surface area contributed by atoms with Gasteiger partial charge in [-0.25, -0.2) is 0 Å². The van der Waals surface area contributed by atoms with E-state index in [9.17, 15) is 4.79 Å². The van der Waals surface area contributed by atoms with E-state index in [1.165, 1.54) is 103 Å². The van der Waals surface area contributed by atoms with Crippen molar-refractivity contribution in [2.24, 2.45) is 0 Å². The highest BCUT2D eigenvalue weighted by atomic mass is 16.4. The van der Waals surface area contributed by atoms with Gasteiger partial charge in [-0.3, -0.25) is 4.79 Å². The Morgan fingerprint density at radius 1 is 0.517 bits per heavy atom. The van der Waals surface area contributed by atoms with Crippen LogP contribution in [0.4, 0.5) is 0 Å². The second-order valence-corrected chi connectivity index (χ2v) is 8.54. The molecule has 2 heteroatoms. The first kappa shape index (κ1) is 27.9. The highest BCUT2D eigenvalue weighted by molar-refractivity contribution is 5.66. The molecule has 0 aliphatic rings. The molecule has 0 spiro atoms. The fraction of sp³-hybridized carbons (Fsp3) is 0.815. The Hall–Kier alpha value is -1.05. The Kier molecular flexibility index (Phi) is 24.1. The van der Waals surface area contributed by atoms with Crippen molar-refractivity contribution in [1.82, 2.24) is 0 Å². The van der Waals surface area contributed by atoms with Crippen LogP contribution in [0.3, 0.4) is 0 Å². The van der Waals surface area contributed by atoms with E-state index in [-0.39, 0.29) is 6.42 Å². The normalized spacial score (nSPS) is 11.8. The molecular formula is C27H50O2. The van der Waals surface area contributed by atoms with Crippen LogP contribution in [0, 0.1) is 0 Å². The first-order chi connectivity index (χ1) is 14.3. The Balaban J connectivity index is 3.13. The van der Waals surface area contributed by atoms with Crippen LogP contribution in [-0.2, 0) is 4.79 Å². The van der Waals surface area contributed by atoms with E-state index >= 15 is 0 Å². The summed E-state index contributed by atoms with van der Waals surface area (Å²) in [5.74, 6) is -0.694. The standard InChI is InChI=1S/C27H50O2/c1-2-3-4-5-6-7-8-9-10-11-12-13-14-15-16-17-18-19-20-21-22-23-24-25-26-27(28)29/h18-19,22-23H,2-17,20-21,24-26H2,1H3,(H,28,29). The van der Waals surface area contributed by atoms with E-state index in [1.54, 1.807) is 0 Å². The lowest BCUT2D eigenvalue weighted by molar-refractivity contribution is -0.137. The molecule has 170 valence electrons.